The molecule has 2 N–H and O–H groups in total. The van der Waals surface area contributed by atoms with Gasteiger partial charge in [-0.2, -0.15) is 0 Å². The van der Waals surface area contributed by atoms with E-state index >= 15 is 0 Å². The first-order valence-electron chi connectivity index (χ1n) is 10.2. The lowest BCUT2D eigenvalue weighted by Gasteiger charge is -2.13. The molecule has 0 bridgehead atoms. The van der Waals surface area contributed by atoms with Crippen molar-refractivity contribution in [2.75, 3.05) is 12.9 Å². The average Bonchev–Trinajstić information content (AvgIpc) is 2.69. The third-order valence-corrected chi connectivity index (χ3v) is 7.07. The van der Waals surface area contributed by atoms with Crippen LogP contribution in [0.3, 0.4) is 0 Å². The van der Waals surface area contributed by atoms with E-state index in [4.69, 9.17) is 4.74 Å². The summed E-state index contributed by atoms with van der Waals surface area (Å²) in [6.45, 7) is 4.07. The van der Waals surface area contributed by atoms with Crippen molar-refractivity contribution in [1.82, 2.24) is 10.0 Å². The zero-order chi connectivity index (χ0) is 23.8. The molecule has 2 aromatic carbocycles. The number of nitrogens with one attached hydrogen (secondary N) is 2. The van der Waals surface area contributed by atoms with Crippen LogP contribution in [0.5, 0.6) is 5.75 Å². The molecule has 0 aromatic heterocycles. The summed E-state index contributed by atoms with van der Waals surface area (Å²) in [6, 6.07) is 13.0. The molecule has 0 radical (unpaired) electrons. The molecular formula is C22H30N2O6S2. The first-order valence-corrected chi connectivity index (χ1v) is 13.8. The highest BCUT2D eigenvalue weighted by Gasteiger charge is 2.15. The fourth-order valence-corrected chi connectivity index (χ4v) is 5.09. The van der Waals surface area contributed by atoms with Gasteiger partial charge in [0.1, 0.15) is 5.75 Å². The van der Waals surface area contributed by atoms with Crippen molar-refractivity contribution in [3.05, 3.63) is 59.7 Å². The van der Waals surface area contributed by atoms with Gasteiger partial charge in [0.15, 0.2) is 9.84 Å². The van der Waals surface area contributed by atoms with Gasteiger partial charge in [0.25, 0.3) is 0 Å². The predicted molar refractivity (Wildman–Crippen MR) is 123 cm³/mol. The molecule has 2 rings (SSSR count). The first-order chi connectivity index (χ1) is 15.0. The number of carbonyl (C=O) groups is 1. The maximum Gasteiger partial charge on any atom is 0.220 e. The molecule has 1 amide bonds. The SMILES string of the molecule is CC(C)NS(=O)(=O)Cc1ccccc1CNC(=O)CCCOc1ccc(S(C)(=O)=O)cc1. The van der Waals surface area contributed by atoms with E-state index in [0.29, 0.717) is 24.3 Å². The summed E-state index contributed by atoms with van der Waals surface area (Å²) < 4.78 is 55.5. The van der Waals surface area contributed by atoms with Crippen molar-refractivity contribution >= 4 is 25.8 Å². The third-order valence-electron chi connectivity index (χ3n) is 4.42. The first kappa shape index (κ1) is 25.8. The monoisotopic (exact) mass is 482 g/mol. The van der Waals surface area contributed by atoms with Gasteiger partial charge in [0.2, 0.25) is 15.9 Å². The summed E-state index contributed by atoms with van der Waals surface area (Å²) >= 11 is 0. The third kappa shape index (κ3) is 8.97. The fourth-order valence-electron chi connectivity index (χ4n) is 2.96. The average molecular weight is 483 g/mol. The van der Waals surface area contributed by atoms with Crippen LogP contribution in [0.15, 0.2) is 53.4 Å². The normalized spacial score (nSPS) is 12.0. The Morgan fingerprint density at radius 1 is 0.969 bits per heavy atom. The molecule has 0 aliphatic carbocycles. The van der Waals surface area contributed by atoms with Crippen LogP contribution in [-0.4, -0.2) is 41.6 Å². The Balaban J connectivity index is 1.79. The zero-order valence-corrected chi connectivity index (χ0v) is 20.1. The van der Waals surface area contributed by atoms with E-state index in [1.165, 1.54) is 12.1 Å². The van der Waals surface area contributed by atoms with Gasteiger partial charge in [-0.15, -0.1) is 0 Å². The van der Waals surface area contributed by atoms with Gasteiger partial charge in [-0.05, 0) is 55.7 Å². The second-order valence-electron chi connectivity index (χ2n) is 7.77. The Hall–Kier alpha value is -2.43. The Morgan fingerprint density at radius 2 is 1.59 bits per heavy atom. The van der Waals surface area contributed by atoms with Gasteiger partial charge in [0, 0.05) is 25.3 Å². The second-order valence-corrected chi connectivity index (χ2v) is 11.5. The number of hydrogen-bond donors (Lipinski definition) is 2. The molecule has 32 heavy (non-hydrogen) atoms. The van der Waals surface area contributed by atoms with E-state index in [0.717, 1.165) is 11.8 Å². The molecule has 0 aliphatic rings. The lowest BCUT2D eigenvalue weighted by molar-refractivity contribution is -0.121. The van der Waals surface area contributed by atoms with Crippen molar-refractivity contribution in [3.8, 4) is 5.75 Å². The maximum absolute atomic E-state index is 12.2. The molecule has 176 valence electrons. The molecule has 8 nitrogen and oxygen atoms in total. The minimum absolute atomic E-state index is 0.150. The van der Waals surface area contributed by atoms with Crippen molar-refractivity contribution in [2.24, 2.45) is 0 Å². The van der Waals surface area contributed by atoms with Crippen LogP contribution in [0.25, 0.3) is 0 Å². The van der Waals surface area contributed by atoms with E-state index in [1.54, 1.807) is 50.2 Å². The standard InChI is InChI=1S/C22H30N2O6S2/c1-17(2)24-32(28,29)16-19-8-5-4-7-18(19)15-23-22(25)9-6-14-30-20-10-12-21(13-11-20)31(3,26)27/h4-5,7-8,10-13,17,24H,6,9,14-16H2,1-3H3,(H,23,25). The van der Waals surface area contributed by atoms with Crippen LogP contribution in [0.4, 0.5) is 0 Å². The summed E-state index contributed by atoms with van der Waals surface area (Å²) in [5.41, 5.74) is 1.39. The molecule has 0 unspecified atom stereocenters. The molecule has 0 fully saturated rings. The topological polar surface area (TPSA) is 119 Å². The summed E-state index contributed by atoms with van der Waals surface area (Å²) in [7, 11) is -6.71. The quantitative estimate of drug-likeness (QED) is 0.449. The van der Waals surface area contributed by atoms with Crippen LogP contribution in [0.2, 0.25) is 0 Å². The van der Waals surface area contributed by atoms with Crippen molar-refractivity contribution in [2.45, 2.75) is 49.9 Å². The number of amides is 1. The van der Waals surface area contributed by atoms with E-state index in [-0.39, 0.29) is 35.6 Å². The number of benzene rings is 2. The highest BCUT2D eigenvalue weighted by molar-refractivity contribution is 7.90. The lowest BCUT2D eigenvalue weighted by atomic mass is 10.1. The molecule has 0 saturated carbocycles. The van der Waals surface area contributed by atoms with Gasteiger partial charge in [0.05, 0.1) is 17.3 Å². The molecule has 0 aliphatic heterocycles. The number of rotatable bonds is 12. The Labute approximate surface area is 190 Å². The molecule has 0 atom stereocenters. The van der Waals surface area contributed by atoms with Crippen LogP contribution < -0.4 is 14.8 Å². The largest absolute Gasteiger partial charge is 0.494 e. The number of ether oxygens (including phenoxy) is 1. The molecule has 0 heterocycles. The lowest BCUT2D eigenvalue weighted by Crippen LogP contribution is -2.32. The highest BCUT2D eigenvalue weighted by Crippen LogP contribution is 2.16. The minimum Gasteiger partial charge on any atom is -0.494 e. The highest BCUT2D eigenvalue weighted by atomic mass is 32.2. The number of sulfonamides is 1. The van der Waals surface area contributed by atoms with Gasteiger partial charge >= 0.3 is 0 Å². The van der Waals surface area contributed by atoms with E-state index in [1.807, 2.05) is 0 Å². The van der Waals surface area contributed by atoms with Gasteiger partial charge < -0.3 is 10.1 Å². The molecule has 0 saturated heterocycles. The Kier molecular flexibility index (Phi) is 9.23. The van der Waals surface area contributed by atoms with Crippen LogP contribution >= 0.6 is 0 Å². The summed E-state index contributed by atoms with van der Waals surface area (Å²) in [5, 5.41) is 2.81. The Morgan fingerprint density at radius 3 is 2.19 bits per heavy atom. The smallest absolute Gasteiger partial charge is 0.220 e. The summed E-state index contributed by atoms with van der Waals surface area (Å²) in [4.78, 5) is 12.4. The number of hydrogen-bond acceptors (Lipinski definition) is 6. The predicted octanol–water partition coefficient (Wildman–Crippen LogP) is 2.39. The summed E-state index contributed by atoms with van der Waals surface area (Å²) in [6.07, 6.45) is 1.87. The minimum atomic E-state index is -3.46. The number of sulfone groups is 1. The molecule has 2 aromatic rings. The van der Waals surface area contributed by atoms with Crippen molar-refractivity contribution in [3.63, 3.8) is 0 Å². The van der Waals surface area contributed by atoms with E-state index < -0.39 is 19.9 Å². The van der Waals surface area contributed by atoms with E-state index in [2.05, 4.69) is 10.0 Å². The van der Waals surface area contributed by atoms with Crippen LogP contribution in [0, 0.1) is 0 Å². The van der Waals surface area contributed by atoms with Crippen LogP contribution in [-0.2, 0) is 37.0 Å². The summed E-state index contributed by atoms with van der Waals surface area (Å²) in [5.74, 6) is 0.213. The molecule has 10 heteroatoms. The molecular weight excluding hydrogens is 452 g/mol. The van der Waals surface area contributed by atoms with E-state index in [9.17, 15) is 21.6 Å². The van der Waals surface area contributed by atoms with Crippen LogP contribution in [0.1, 0.15) is 37.8 Å². The Bertz CT molecular complexity index is 1110. The van der Waals surface area contributed by atoms with Gasteiger partial charge in [-0.25, -0.2) is 21.6 Å². The fraction of sp³-hybridized carbons (Fsp3) is 0.409. The van der Waals surface area contributed by atoms with Gasteiger partial charge in [-0.1, -0.05) is 24.3 Å². The van der Waals surface area contributed by atoms with Crippen molar-refractivity contribution in [1.29, 1.82) is 0 Å². The maximum atomic E-state index is 12.2. The van der Waals surface area contributed by atoms with Gasteiger partial charge in [-0.3, -0.25) is 4.79 Å². The number of carbonyl (C=O) groups excluding carboxylic acids is 1. The zero-order valence-electron chi connectivity index (χ0n) is 18.5. The molecule has 0 spiro atoms. The second kappa shape index (κ2) is 11.4. The van der Waals surface area contributed by atoms with Crippen molar-refractivity contribution < 1.29 is 26.4 Å².